The molecule has 1 aliphatic heterocycles. The van der Waals surface area contributed by atoms with E-state index in [1.54, 1.807) is 12.7 Å². The molecule has 0 bridgehead atoms. The summed E-state index contributed by atoms with van der Waals surface area (Å²) in [5, 5.41) is 10.9. The number of aliphatic imine (C=N–C) groups is 1. The Bertz CT molecular complexity index is 931. The SMILES string of the molecule is CN(C)C=Nc1ncnc2c1ccn2C1CC2(CC(O)C2)[C@H]2OC(C)(C)O[C@@H]12. The molecular weight excluding hydrogens is 358 g/mol. The first-order valence-corrected chi connectivity index (χ1v) is 9.84. The molecule has 1 unspecified atom stereocenters. The number of hydrogen-bond acceptors (Lipinski definition) is 6. The summed E-state index contributed by atoms with van der Waals surface area (Å²) < 4.78 is 14.8. The second-order valence-electron chi connectivity index (χ2n) is 9.08. The molecule has 1 saturated heterocycles. The van der Waals surface area contributed by atoms with Crippen molar-refractivity contribution < 1.29 is 14.6 Å². The molecule has 8 heteroatoms. The molecule has 2 aromatic rings. The highest BCUT2D eigenvalue weighted by Gasteiger charge is 2.65. The van der Waals surface area contributed by atoms with Gasteiger partial charge in [0.1, 0.15) is 18.1 Å². The molecule has 2 aliphatic carbocycles. The van der Waals surface area contributed by atoms with Crippen molar-refractivity contribution >= 4 is 23.2 Å². The van der Waals surface area contributed by atoms with E-state index in [2.05, 4.69) is 25.7 Å². The van der Waals surface area contributed by atoms with Gasteiger partial charge in [-0.2, -0.15) is 0 Å². The first-order chi connectivity index (χ1) is 13.3. The molecule has 2 saturated carbocycles. The lowest BCUT2D eigenvalue weighted by atomic mass is 9.64. The van der Waals surface area contributed by atoms with E-state index in [9.17, 15) is 5.11 Å². The van der Waals surface area contributed by atoms with E-state index in [0.29, 0.717) is 5.82 Å². The van der Waals surface area contributed by atoms with Crippen LogP contribution in [0.2, 0.25) is 0 Å². The lowest BCUT2D eigenvalue weighted by Gasteiger charge is -2.46. The molecule has 0 aromatic carbocycles. The molecule has 0 amide bonds. The lowest BCUT2D eigenvalue weighted by Crippen LogP contribution is -2.48. The van der Waals surface area contributed by atoms with Crippen molar-refractivity contribution in [2.24, 2.45) is 10.4 Å². The maximum absolute atomic E-state index is 10.0. The Kier molecular flexibility index (Phi) is 3.85. The zero-order valence-corrected chi connectivity index (χ0v) is 16.7. The Morgan fingerprint density at radius 1 is 1.25 bits per heavy atom. The topological polar surface area (TPSA) is 85.0 Å². The van der Waals surface area contributed by atoms with Gasteiger partial charge in [0, 0.05) is 25.7 Å². The Hall–Kier alpha value is -2.03. The largest absolute Gasteiger partial charge is 0.393 e. The number of hydrogen-bond donors (Lipinski definition) is 1. The van der Waals surface area contributed by atoms with Gasteiger partial charge in [-0.05, 0) is 39.2 Å². The molecular formula is C20H27N5O3. The van der Waals surface area contributed by atoms with Gasteiger partial charge in [-0.25, -0.2) is 15.0 Å². The van der Waals surface area contributed by atoms with Gasteiger partial charge in [-0.1, -0.05) is 0 Å². The van der Waals surface area contributed by atoms with Crippen LogP contribution in [0.3, 0.4) is 0 Å². The number of nitrogens with zero attached hydrogens (tertiary/aromatic N) is 5. The number of aromatic nitrogens is 3. The minimum absolute atomic E-state index is 0.00131. The standard InChI is InChI=1S/C20H27N5O3/c1-19(2)27-15-14(9-20(16(15)28-19)7-12(26)8-20)25-6-5-13-17(23-11-24(3)4)21-10-22-18(13)25/h5-6,10-12,14-16,26H,7-9H2,1-4H3/t12?,14?,15-,16-,20?/m0/s1. The summed E-state index contributed by atoms with van der Waals surface area (Å²) in [6, 6.07) is 2.13. The zero-order valence-electron chi connectivity index (χ0n) is 16.7. The number of aliphatic hydroxyl groups excluding tert-OH is 1. The van der Waals surface area contributed by atoms with Gasteiger partial charge in [-0.3, -0.25) is 0 Å². The molecule has 3 fully saturated rings. The van der Waals surface area contributed by atoms with Gasteiger partial charge in [-0.15, -0.1) is 0 Å². The van der Waals surface area contributed by atoms with Crippen LogP contribution in [0.25, 0.3) is 11.0 Å². The Labute approximate surface area is 164 Å². The van der Waals surface area contributed by atoms with Crippen LogP contribution in [0.5, 0.6) is 0 Å². The first-order valence-electron chi connectivity index (χ1n) is 9.84. The van der Waals surface area contributed by atoms with Crippen molar-refractivity contribution in [1.29, 1.82) is 0 Å². The first kappa shape index (κ1) is 18.0. The fourth-order valence-corrected chi connectivity index (χ4v) is 5.23. The van der Waals surface area contributed by atoms with Crippen LogP contribution in [0, 0.1) is 5.41 Å². The molecule has 1 N–H and O–H groups in total. The molecule has 1 spiro atoms. The van der Waals surface area contributed by atoms with E-state index >= 15 is 0 Å². The molecule has 8 nitrogen and oxygen atoms in total. The van der Waals surface area contributed by atoms with Gasteiger partial charge in [0.15, 0.2) is 11.6 Å². The van der Waals surface area contributed by atoms with Crippen LogP contribution >= 0.6 is 0 Å². The van der Waals surface area contributed by atoms with E-state index < -0.39 is 5.79 Å². The zero-order chi connectivity index (χ0) is 19.7. The van der Waals surface area contributed by atoms with Gasteiger partial charge in [0.05, 0.1) is 30.0 Å². The van der Waals surface area contributed by atoms with E-state index in [1.165, 1.54) is 0 Å². The van der Waals surface area contributed by atoms with Crippen LogP contribution in [0.4, 0.5) is 5.82 Å². The summed E-state index contributed by atoms with van der Waals surface area (Å²) in [5.74, 6) is 0.0467. The van der Waals surface area contributed by atoms with E-state index in [1.807, 2.05) is 38.9 Å². The number of rotatable bonds is 3. The molecule has 2 aromatic heterocycles. The van der Waals surface area contributed by atoms with Crippen LogP contribution in [-0.2, 0) is 9.47 Å². The highest BCUT2D eigenvalue weighted by atomic mass is 16.8. The fourth-order valence-electron chi connectivity index (χ4n) is 5.23. The summed E-state index contributed by atoms with van der Waals surface area (Å²) in [6.45, 7) is 3.93. The summed E-state index contributed by atoms with van der Waals surface area (Å²) >= 11 is 0. The predicted octanol–water partition coefficient (Wildman–Crippen LogP) is 2.26. The van der Waals surface area contributed by atoms with Crippen LogP contribution in [0.15, 0.2) is 23.6 Å². The average Bonchev–Trinajstić information content (AvgIpc) is 3.23. The summed E-state index contributed by atoms with van der Waals surface area (Å²) in [6.07, 6.45) is 7.54. The predicted molar refractivity (Wildman–Crippen MR) is 105 cm³/mol. The van der Waals surface area contributed by atoms with Crippen molar-refractivity contribution in [2.75, 3.05) is 14.1 Å². The lowest BCUT2D eigenvalue weighted by molar-refractivity contribution is -0.187. The van der Waals surface area contributed by atoms with E-state index in [-0.39, 0.29) is 29.8 Å². The van der Waals surface area contributed by atoms with Crippen LogP contribution in [-0.4, -0.2) is 69.1 Å². The van der Waals surface area contributed by atoms with E-state index in [4.69, 9.17) is 9.47 Å². The second-order valence-corrected chi connectivity index (χ2v) is 9.08. The summed E-state index contributed by atoms with van der Waals surface area (Å²) in [4.78, 5) is 15.2. The smallest absolute Gasteiger partial charge is 0.166 e. The number of ether oxygens (including phenoxy) is 2. The van der Waals surface area contributed by atoms with Gasteiger partial charge in [0.25, 0.3) is 0 Å². The Morgan fingerprint density at radius 2 is 2.04 bits per heavy atom. The van der Waals surface area contributed by atoms with E-state index in [0.717, 1.165) is 30.3 Å². The summed E-state index contributed by atoms with van der Waals surface area (Å²) in [7, 11) is 3.86. The average molecular weight is 385 g/mol. The molecule has 0 radical (unpaired) electrons. The quantitative estimate of drug-likeness (QED) is 0.644. The highest BCUT2D eigenvalue weighted by molar-refractivity contribution is 5.87. The van der Waals surface area contributed by atoms with Crippen molar-refractivity contribution in [2.45, 2.75) is 63.3 Å². The monoisotopic (exact) mass is 385 g/mol. The Balaban J connectivity index is 1.54. The third kappa shape index (κ3) is 2.66. The Morgan fingerprint density at radius 3 is 2.75 bits per heavy atom. The summed E-state index contributed by atoms with van der Waals surface area (Å²) in [5.41, 5.74) is 0.841. The number of fused-ring (bicyclic) bond motifs is 3. The van der Waals surface area contributed by atoms with Crippen LogP contribution in [0.1, 0.15) is 39.2 Å². The third-order valence-electron chi connectivity index (χ3n) is 6.27. The molecule has 3 heterocycles. The van der Waals surface area contributed by atoms with Crippen molar-refractivity contribution in [1.82, 2.24) is 19.4 Å². The molecule has 3 atom stereocenters. The van der Waals surface area contributed by atoms with Crippen molar-refractivity contribution in [3.63, 3.8) is 0 Å². The molecule has 5 rings (SSSR count). The maximum Gasteiger partial charge on any atom is 0.166 e. The third-order valence-corrected chi connectivity index (χ3v) is 6.27. The van der Waals surface area contributed by atoms with Crippen molar-refractivity contribution in [3.05, 3.63) is 18.6 Å². The van der Waals surface area contributed by atoms with Crippen molar-refractivity contribution in [3.8, 4) is 0 Å². The minimum Gasteiger partial charge on any atom is -0.393 e. The molecule has 3 aliphatic rings. The van der Waals surface area contributed by atoms with Gasteiger partial charge < -0.3 is 24.0 Å². The van der Waals surface area contributed by atoms with Crippen LogP contribution < -0.4 is 0 Å². The normalized spacial score (nSPS) is 36.3. The highest BCUT2D eigenvalue weighted by Crippen LogP contribution is 2.62. The fraction of sp³-hybridized carbons (Fsp3) is 0.650. The molecule has 150 valence electrons. The number of aliphatic hydroxyl groups is 1. The van der Waals surface area contributed by atoms with Gasteiger partial charge in [0.2, 0.25) is 0 Å². The second kappa shape index (κ2) is 5.98. The maximum atomic E-state index is 10.0. The molecule has 28 heavy (non-hydrogen) atoms. The minimum atomic E-state index is -0.610. The van der Waals surface area contributed by atoms with Gasteiger partial charge >= 0.3 is 0 Å².